The number of carboxylic acid groups (broad SMARTS) is 1. The van der Waals surface area contributed by atoms with Crippen LogP contribution in [0.4, 0.5) is 5.69 Å². The number of carbonyl (C=O) groups is 1. The number of rotatable bonds is 2. The van der Waals surface area contributed by atoms with Crippen LogP contribution in [-0.4, -0.2) is 11.1 Å². The third-order valence-corrected chi connectivity index (χ3v) is 3.88. The highest BCUT2D eigenvalue weighted by Crippen LogP contribution is 2.45. The molecule has 2 rings (SSSR count). The average Bonchev–Trinajstić information content (AvgIpc) is 2.11. The minimum absolute atomic E-state index is 0.674. The summed E-state index contributed by atoms with van der Waals surface area (Å²) in [6.07, 6.45) is 2.44. The molecule has 1 aromatic rings. The average molecular weight is 219 g/mol. The Kier molecular flexibility index (Phi) is 2.41. The van der Waals surface area contributed by atoms with Crippen molar-refractivity contribution in [1.82, 2.24) is 0 Å². The highest BCUT2D eigenvalue weighted by atomic mass is 16.4. The molecular weight excluding hydrogens is 202 g/mol. The third-order valence-electron chi connectivity index (χ3n) is 3.88. The van der Waals surface area contributed by atoms with Crippen LogP contribution < -0.4 is 5.73 Å². The van der Waals surface area contributed by atoms with E-state index in [0.717, 1.165) is 36.0 Å². The smallest absolute Gasteiger partial charge is 0.314 e. The fraction of sp³-hybridized carbons (Fsp3) is 0.462. The zero-order chi connectivity index (χ0) is 11.9. The van der Waals surface area contributed by atoms with Crippen molar-refractivity contribution in [3.05, 3.63) is 28.8 Å². The van der Waals surface area contributed by atoms with E-state index in [1.807, 2.05) is 26.0 Å². The molecule has 0 spiro atoms. The monoisotopic (exact) mass is 219 g/mol. The van der Waals surface area contributed by atoms with Crippen LogP contribution in [-0.2, 0) is 10.2 Å². The molecule has 0 saturated heterocycles. The first-order valence-electron chi connectivity index (χ1n) is 5.58. The molecule has 86 valence electrons. The molecule has 1 aliphatic rings. The van der Waals surface area contributed by atoms with Crippen molar-refractivity contribution in [3.63, 3.8) is 0 Å². The molecule has 1 aromatic carbocycles. The van der Waals surface area contributed by atoms with Crippen molar-refractivity contribution >= 4 is 11.7 Å². The molecule has 0 aromatic heterocycles. The van der Waals surface area contributed by atoms with Crippen LogP contribution in [0, 0.1) is 13.8 Å². The minimum Gasteiger partial charge on any atom is -0.481 e. The Balaban J connectivity index is 2.52. The van der Waals surface area contributed by atoms with Gasteiger partial charge in [-0.25, -0.2) is 0 Å². The standard InChI is InChI=1S/C13H17NO2/c1-8-6-10(7-11(14)9(8)2)13(12(15)16)4-3-5-13/h6-7H,3-5,14H2,1-2H3,(H,15,16). The van der Waals surface area contributed by atoms with Gasteiger partial charge in [-0.2, -0.15) is 0 Å². The number of aryl methyl sites for hydroxylation is 1. The van der Waals surface area contributed by atoms with Gasteiger partial charge in [0.2, 0.25) is 0 Å². The maximum atomic E-state index is 11.4. The first-order valence-corrected chi connectivity index (χ1v) is 5.58. The lowest BCUT2D eigenvalue weighted by atomic mass is 9.64. The maximum Gasteiger partial charge on any atom is 0.314 e. The van der Waals surface area contributed by atoms with E-state index in [1.54, 1.807) is 0 Å². The maximum absolute atomic E-state index is 11.4. The summed E-state index contributed by atoms with van der Waals surface area (Å²) in [6, 6.07) is 3.80. The van der Waals surface area contributed by atoms with Crippen molar-refractivity contribution in [1.29, 1.82) is 0 Å². The lowest BCUT2D eigenvalue weighted by Gasteiger charge is -2.38. The first kappa shape index (κ1) is 11.0. The summed E-state index contributed by atoms with van der Waals surface area (Å²) in [7, 11) is 0. The number of carboxylic acids is 1. The molecular formula is C13H17NO2. The van der Waals surface area contributed by atoms with Crippen molar-refractivity contribution in [2.45, 2.75) is 38.5 Å². The largest absolute Gasteiger partial charge is 0.481 e. The Morgan fingerprint density at radius 3 is 2.38 bits per heavy atom. The number of hydrogen-bond donors (Lipinski definition) is 2. The molecule has 0 aliphatic heterocycles. The second kappa shape index (κ2) is 3.51. The SMILES string of the molecule is Cc1cc(C2(C(=O)O)CCC2)cc(N)c1C. The van der Waals surface area contributed by atoms with Crippen molar-refractivity contribution in [2.24, 2.45) is 0 Å². The van der Waals surface area contributed by atoms with E-state index in [-0.39, 0.29) is 0 Å². The third kappa shape index (κ3) is 1.39. The topological polar surface area (TPSA) is 63.3 Å². The summed E-state index contributed by atoms with van der Waals surface area (Å²) in [5.74, 6) is -0.721. The van der Waals surface area contributed by atoms with Gasteiger partial charge in [0.05, 0.1) is 5.41 Å². The quantitative estimate of drug-likeness (QED) is 0.751. The van der Waals surface area contributed by atoms with Crippen LogP contribution in [0.1, 0.15) is 36.0 Å². The summed E-state index contributed by atoms with van der Waals surface area (Å²) in [5.41, 5.74) is 8.91. The molecule has 1 saturated carbocycles. The summed E-state index contributed by atoms with van der Waals surface area (Å²) in [6.45, 7) is 3.94. The molecule has 3 N–H and O–H groups in total. The number of aliphatic carboxylic acids is 1. The number of anilines is 1. The lowest BCUT2D eigenvalue weighted by Crippen LogP contribution is -2.42. The number of hydrogen-bond acceptors (Lipinski definition) is 2. The fourth-order valence-corrected chi connectivity index (χ4v) is 2.32. The van der Waals surface area contributed by atoms with E-state index in [0.29, 0.717) is 5.69 Å². The molecule has 0 bridgehead atoms. The van der Waals surface area contributed by atoms with Crippen LogP contribution in [0.5, 0.6) is 0 Å². The molecule has 16 heavy (non-hydrogen) atoms. The second-order valence-corrected chi connectivity index (χ2v) is 4.75. The predicted molar refractivity (Wildman–Crippen MR) is 63.5 cm³/mol. The predicted octanol–water partition coefficient (Wildman–Crippen LogP) is 2.39. The molecule has 0 amide bonds. The van der Waals surface area contributed by atoms with E-state index in [9.17, 15) is 9.90 Å². The Morgan fingerprint density at radius 1 is 1.38 bits per heavy atom. The second-order valence-electron chi connectivity index (χ2n) is 4.75. The van der Waals surface area contributed by atoms with Gasteiger partial charge in [-0.3, -0.25) is 4.79 Å². The highest BCUT2D eigenvalue weighted by Gasteiger charge is 2.46. The molecule has 0 radical (unpaired) electrons. The molecule has 1 fully saturated rings. The van der Waals surface area contributed by atoms with Gasteiger partial charge in [-0.15, -0.1) is 0 Å². The van der Waals surface area contributed by atoms with Crippen molar-refractivity contribution in [2.75, 3.05) is 5.73 Å². The zero-order valence-electron chi connectivity index (χ0n) is 9.71. The first-order chi connectivity index (χ1) is 7.47. The van der Waals surface area contributed by atoms with Crippen LogP contribution in [0.2, 0.25) is 0 Å². The van der Waals surface area contributed by atoms with E-state index in [1.165, 1.54) is 0 Å². The Morgan fingerprint density at radius 2 is 2.00 bits per heavy atom. The normalized spacial score (nSPS) is 17.9. The van der Waals surface area contributed by atoms with Gasteiger partial charge in [0.15, 0.2) is 0 Å². The summed E-state index contributed by atoms with van der Waals surface area (Å²) in [5, 5.41) is 9.35. The molecule has 0 unspecified atom stereocenters. The molecule has 0 atom stereocenters. The number of nitrogens with two attached hydrogens (primary N) is 1. The number of nitrogen functional groups attached to an aromatic ring is 1. The van der Waals surface area contributed by atoms with Gasteiger partial charge < -0.3 is 10.8 Å². The summed E-state index contributed by atoms with van der Waals surface area (Å²) in [4.78, 5) is 11.4. The number of benzene rings is 1. The summed E-state index contributed by atoms with van der Waals surface area (Å²) >= 11 is 0. The van der Waals surface area contributed by atoms with E-state index in [4.69, 9.17) is 5.73 Å². The van der Waals surface area contributed by atoms with Crippen molar-refractivity contribution < 1.29 is 9.90 Å². The van der Waals surface area contributed by atoms with Gasteiger partial charge in [0.1, 0.15) is 0 Å². The van der Waals surface area contributed by atoms with E-state index < -0.39 is 11.4 Å². The van der Waals surface area contributed by atoms with Crippen molar-refractivity contribution in [3.8, 4) is 0 Å². The van der Waals surface area contributed by atoms with Crippen LogP contribution in [0.3, 0.4) is 0 Å². The lowest BCUT2D eigenvalue weighted by molar-refractivity contribution is -0.147. The van der Waals surface area contributed by atoms with E-state index in [2.05, 4.69) is 0 Å². The Labute approximate surface area is 95.3 Å². The van der Waals surface area contributed by atoms with Gasteiger partial charge >= 0.3 is 5.97 Å². The Bertz CT molecular complexity index is 424. The fourth-order valence-electron chi connectivity index (χ4n) is 2.32. The van der Waals surface area contributed by atoms with Gasteiger partial charge in [0, 0.05) is 5.69 Å². The highest BCUT2D eigenvalue weighted by molar-refractivity contribution is 5.83. The molecule has 3 heteroatoms. The van der Waals surface area contributed by atoms with Crippen LogP contribution in [0.15, 0.2) is 12.1 Å². The minimum atomic E-state index is -0.721. The van der Waals surface area contributed by atoms with Gasteiger partial charge in [0.25, 0.3) is 0 Å². The summed E-state index contributed by atoms with van der Waals surface area (Å²) < 4.78 is 0. The van der Waals surface area contributed by atoms with E-state index >= 15 is 0 Å². The van der Waals surface area contributed by atoms with Crippen LogP contribution in [0.25, 0.3) is 0 Å². The zero-order valence-corrected chi connectivity index (χ0v) is 9.71. The van der Waals surface area contributed by atoms with Crippen LogP contribution >= 0.6 is 0 Å². The Hall–Kier alpha value is -1.51. The molecule has 1 aliphatic carbocycles. The van der Waals surface area contributed by atoms with Gasteiger partial charge in [-0.05, 0) is 49.4 Å². The molecule has 3 nitrogen and oxygen atoms in total. The molecule has 0 heterocycles. The van der Waals surface area contributed by atoms with Gasteiger partial charge in [-0.1, -0.05) is 12.5 Å².